The molecule has 5 nitrogen and oxygen atoms in total. The fourth-order valence-electron chi connectivity index (χ4n) is 2.70. The van der Waals surface area contributed by atoms with E-state index in [1.54, 1.807) is 0 Å². The van der Waals surface area contributed by atoms with Gasteiger partial charge in [0.2, 0.25) is 11.8 Å². The second-order valence-corrected chi connectivity index (χ2v) is 5.54. The summed E-state index contributed by atoms with van der Waals surface area (Å²) < 4.78 is 0. The fraction of sp³-hybridized carbons (Fsp3) is 0.500. The van der Waals surface area contributed by atoms with Crippen molar-refractivity contribution in [2.75, 3.05) is 26.2 Å². The molecule has 1 fully saturated rings. The summed E-state index contributed by atoms with van der Waals surface area (Å²) >= 11 is 0. The van der Waals surface area contributed by atoms with Crippen LogP contribution in [0.3, 0.4) is 0 Å². The molecule has 0 aliphatic carbocycles. The second kappa shape index (κ2) is 7.90. The minimum absolute atomic E-state index is 0.195. The van der Waals surface area contributed by atoms with Gasteiger partial charge in [-0.05, 0) is 30.9 Å². The van der Waals surface area contributed by atoms with E-state index in [4.69, 9.17) is 5.11 Å². The largest absolute Gasteiger partial charge is 0.396 e. The molecule has 1 saturated heterocycles. The normalized spacial score (nSPS) is 18.6. The number of nitrogens with zero attached hydrogens (tertiary/aromatic N) is 1. The number of amides is 2. The molecule has 2 N–H and O–H groups in total. The third kappa shape index (κ3) is 5.28. The molecule has 0 bridgehead atoms. The number of nitrogens with one attached hydrogen (secondary N) is 1. The van der Waals surface area contributed by atoms with Crippen molar-refractivity contribution in [3.8, 4) is 0 Å². The van der Waals surface area contributed by atoms with E-state index in [1.807, 2.05) is 35.2 Å². The average molecular weight is 290 g/mol. The first-order chi connectivity index (χ1) is 10.2. The van der Waals surface area contributed by atoms with Crippen molar-refractivity contribution < 1.29 is 14.7 Å². The van der Waals surface area contributed by atoms with E-state index in [-0.39, 0.29) is 31.4 Å². The van der Waals surface area contributed by atoms with Crippen LogP contribution in [0.15, 0.2) is 30.3 Å². The lowest BCUT2D eigenvalue weighted by atomic mass is 10.1. The first-order valence-corrected chi connectivity index (χ1v) is 7.37. The Balaban J connectivity index is 1.71. The van der Waals surface area contributed by atoms with Gasteiger partial charge in [0.25, 0.3) is 0 Å². The van der Waals surface area contributed by atoms with Gasteiger partial charge < -0.3 is 5.11 Å². The molecule has 2 amide bonds. The van der Waals surface area contributed by atoms with Gasteiger partial charge in [0.05, 0.1) is 13.0 Å². The summed E-state index contributed by atoms with van der Waals surface area (Å²) in [4.78, 5) is 25.7. The number of likely N-dealkylation sites (tertiary alicyclic amines) is 1. The highest BCUT2D eigenvalue weighted by Gasteiger charge is 2.23. The van der Waals surface area contributed by atoms with E-state index in [0.717, 1.165) is 31.5 Å². The van der Waals surface area contributed by atoms with Crippen LogP contribution in [-0.2, 0) is 16.0 Å². The average Bonchev–Trinajstić information content (AvgIpc) is 2.87. The molecular weight excluding hydrogens is 268 g/mol. The van der Waals surface area contributed by atoms with Gasteiger partial charge in [-0.1, -0.05) is 30.3 Å². The minimum Gasteiger partial charge on any atom is -0.396 e. The van der Waals surface area contributed by atoms with Gasteiger partial charge in [-0.2, -0.15) is 0 Å². The molecule has 0 radical (unpaired) electrons. The number of rotatable bonds is 6. The molecule has 5 heteroatoms. The summed E-state index contributed by atoms with van der Waals surface area (Å²) in [5.41, 5.74) is 0.895. The van der Waals surface area contributed by atoms with Gasteiger partial charge in [-0.3, -0.25) is 19.8 Å². The lowest BCUT2D eigenvalue weighted by Crippen LogP contribution is -2.39. The number of hydrogen-bond donors (Lipinski definition) is 2. The molecule has 0 saturated carbocycles. The lowest BCUT2D eigenvalue weighted by molar-refractivity contribution is -0.130. The Hall–Kier alpha value is -1.72. The second-order valence-electron chi connectivity index (χ2n) is 5.54. The molecule has 1 aromatic rings. The van der Waals surface area contributed by atoms with Crippen molar-refractivity contribution in [2.24, 2.45) is 5.92 Å². The Morgan fingerprint density at radius 1 is 1.24 bits per heavy atom. The number of carbonyl (C=O) groups is 2. The molecule has 1 unspecified atom stereocenters. The molecular formula is C16H22N2O3. The summed E-state index contributed by atoms with van der Waals surface area (Å²) in [5.74, 6) is -0.0549. The number of benzene rings is 1. The first-order valence-electron chi connectivity index (χ1n) is 7.37. The number of hydrogen-bond acceptors (Lipinski definition) is 4. The maximum absolute atomic E-state index is 11.8. The predicted octanol–water partition coefficient (Wildman–Crippen LogP) is 0.576. The Kier molecular flexibility index (Phi) is 5.90. The van der Waals surface area contributed by atoms with Crippen molar-refractivity contribution >= 4 is 11.8 Å². The zero-order valence-corrected chi connectivity index (χ0v) is 12.1. The Bertz CT molecular complexity index is 476. The Morgan fingerprint density at radius 2 is 2.00 bits per heavy atom. The van der Waals surface area contributed by atoms with Crippen LogP contribution in [0.2, 0.25) is 0 Å². The molecule has 1 aromatic carbocycles. The predicted molar refractivity (Wildman–Crippen MR) is 79.5 cm³/mol. The lowest BCUT2D eigenvalue weighted by Gasteiger charge is -2.15. The quantitative estimate of drug-likeness (QED) is 0.804. The maximum Gasteiger partial charge on any atom is 0.240 e. The molecule has 0 aromatic heterocycles. The van der Waals surface area contributed by atoms with Crippen molar-refractivity contribution in [1.29, 1.82) is 0 Å². The van der Waals surface area contributed by atoms with Crippen molar-refractivity contribution in [1.82, 2.24) is 10.2 Å². The van der Waals surface area contributed by atoms with E-state index in [2.05, 4.69) is 5.32 Å². The van der Waals surface area contributed by atoms with E-state index in [9.17, 15) is 9.59 Å². The van der Waals surface area contributed by atoms with Crippen molar-refractivity contribution in [3.63, 3.8) is 0 Å². The smallest absolute Gasteiger partial charge is 0.240 e. The summed E-state index contributed by atoms with van der Waals surface area (Å²) in [6, 6.07) is 9.36. The van der Waals surface area contributed by atoms with Crippen LogP contribution in [0.5, 0.6) is 0 Å². The third-order valence-corrected chi connectivity index (χ3v) is 3.76. The van der Waals surface area contributed by atoms with Gasteiger partial charge in [0.1, 0.15) is 0 Å². The van der Waals surface area contributed by atoms with Crippen LogP contribution >= 0.6 is 0 Å². The highest BCUT2D eigenvalue weighted by atomic mass is 16.3. The van der Waals surface area contributed by atoms with Gasteiger partial charge in [0, 0.05) is 13.2 Å². The summed E-state index contributed by atoms with van der Waals surface area (Å²) in [7, 11) is 0. The molecule has 1 aliphatic heterocycles. The van der Waals surface area contributed by atoms with Gasteiger partial charge in [0.15, 0.2) is 0 Å². The molecule has 0 spiro atoms. The van der Waals surface area contributed by atoms with Gasteiger partial charge in [-0.25, -0.2) is 0 Å². The van der Waals surface area contributed by atoms with Crippen molar-refractivity contribution in [2.45, 2.75) is 19.3 Å². The first kappa shape index (κ1) is 15.7. The van der Waals surface area contributed by atoms with E-state index in [0.29, 0.717) is 5.92 Å². The molecule has 1 atom stereocenters. The Morgan fingerprint density at radius 3 is 2.71 bits per heavy atom. The zero-order chi connectivity index (χ0) is 15.1. The van der Waals surface area contributed by atoms with E-state index in [1.165, 1.54) is 0 Å². The van der Waals surface area contributed by atoms with Gasteiger partial charge >= 0.3 is 0 Å². The Labute approximate surface area is 125 Å². The zero-order valence-electron chi connectivity index (χ0n) is 12.1. The van der Waals surface area contributed by atoms with E-state index < -0.39 is 0 Å². The number of aliphatic hydroxyl groups is 1. The van der Waals surface area contributed by atoms with Crippen molar-refractivity contribution in [3.05, 3.63) is 35.9 Å². The third-order valence-electron chi connectivity index (χ3n) is 3.76. The van der Waals surface area contributed by atoms with Gasteiger partial charge in [-0.15, -0.1) is 0 Å². The van der Waals surface area contributed by atoms with Crippen LogP contribution < -0.4 is 5.32 Å². The van der Waals surface area contributed by atoms with Crippen LogP contribution in [0, 0.1) is 5.92 Å². The van der Waals surface area contributed by atoms with Crippen LogP contribution in [0.1, 0.15) is 18.4 Å². The van der Waals surface area contributed by atoms with Crippen LogP contribution in [-0.4, -0.2) is 48.1 Å². The molecule has 2 rings (SSSR count). The molecule has 1 aliphatic rings. The topological polar surface area (TPSA) is 69.6 Å². The van der Waals surface area contributed by atoms with Crippen LogP contribution in [0.25, 0.3) is 0 Å². The number of imide groups is 1. The minimum atomic E-state index is -0.266. The summed E-state index contributed by atoms with van der Waals surface area (Å²) in [6.45, 7) is 2.12. The highest BCUT2D eigenvalue weighted by molar-refractivity contribution is 5.96. The number of aliphatic hydroxyl groups excluding tert-OH is 1. The number of carbonyl (C=O) groups excluding carboxylic acids is 2. The summed E-state index contributed by atoms with van der Waals surface area (Å²) in [6.07, 6.45) is 2.01. The molecule has 114 valence electrons. The SMILES string of the molecule is O=C(Cc1ccccc1)NC(=O)CN1CCC(CCO)C1. The standard InChI is InChI=1S/C16H22N2O3/c19-9-7-14-6-8-18(11-14)12-16(21)17-15(20)10-13-4-2-1-3-5-13/h1-5,14,19H,6-12H2,(H,17,20,21). The summed E-state index contributed by atoms with van der Waals surface area (Å²) in [5, 5.41) is 11.3. The molecule has 1 heterocycles. The monoisotopic (exact) mass is 290 g/mol. The van der Waals surface area contributed by atoms with E-state index >= 15 is 0 Å². The maximum atomic E-state index is 11.8. The van der Waals surface area contributed by atoms with Crippen LogP contribution in [0.4, 0.5) is 0 Å². The fourth-order valence-corrected chi connectivity index (χ4v) is 2.70. The molecule has 21 heavy (non-hydrogen) atoms. The highest BCUT2D eigenvalue weighted by Crippen LogP contribution is 2.18.